The average Bonchev–Trinajstić information content (AvgIpc) is 3.22. The molecule has 2 aromatic rings. The fourth-order valence-corrected chi connectivity index (χ4v) is 5.51. The average molecular weight is 435 g/mol. The molecule has 30 heavy (non-hydrogen) atoms. The molecule has 1 heterocycles. The van der Waals surface area contributed by atoms with Gasteiger partial charge in [0.15, 0.2) is 9.84 Å². The Hall–Kier alpha value is -2.42. The highest BCUT2D eigenvalue weighted by Crippen LogP contribution is 2.57. The van der Waals surface area contributed by atoms with E-state index in [1.807, 2.05) is 6.92 Å². The van der Waals surface area contributed by atoms with Gasteiger partial charge in [0.25, 0.3) is 0 Å². The summed E-state index contributed by atoms with van der Waals surface area (Å²) in [5.74, 6) is -2.14. The summed E-state index contributed by atoms with van der Waals surface area (Å²) in [6.07, 6.45) is 3.51. The van der Waals surface area contributed by atoms with Gasteiger partial charge in [0.1, 0.15) is 17.4 Å². The molecule has 1 aromatic carbocycles. The minimum absolute atomic E-state index is 0.160. The standard InChI is InChI=1S/C21H23F2N3O3S/c1-3-26(18(27)11-30(2,28)29)12-21-8-7-13(10-21)14-9-17(24-25-20(14)21)19-15(22)5-4-6-16(19)23/h4-6,9,13H,3,7-8,10-12H2,1-2H3/t13-,21+/m1/s1. The number of likely N-dealkylation sites (N-methyl/N-ethyl adjacent to an activating group) is 1. The van der Waals surface area contributed by atoms with Crippen LogP contribution in [0.3, 0.4) is 0 Å². The predicted octanol–water partition coefficient (Wildman–Crippen LogP) is 2.83. The van der Waals surface area contributed by atoms with Crippen LogP contribution >= 0.6 is 0 Å². The summed E-state index contributed by atoms with van der Waals surface area (Å²) in [6, 6.07) is 5.39. The van der Waals surface area contributed by atoms with Crippen LogP contribution in [0.15, 0.2) is 24.3 Å². The lowest BCUT2D eigenvalue weighted by Gasteiger charge is -2.33. The first-order valence-electron chi connectivity index (χ1n) is 9.91. The van der Waals surface area contributed by atoms with Crippen LogP contribution < -0.4 is 0 Å². The molecule has 1 aromatic heterocycles. The monoisotopic (exact) mass is 435 g/mol. The smallest absolute Gasteiger partial charge is 0.237 e. The van der Waals surface area contributed by atoms with Gasteiger partial charge in [0, 0.05) is 24.8 Å². The zero-order chi connectivity index (χ0) is 21.7. The molecule has 4 rings (SSSR count). The summed E-state index contributed by atoms with van der Waals surface area (Å²) in [5.41, 5.74) is 1.24. The molecule has 0 saturated heterocycles. The van der Waals surface area contributed by atoms with Crippen LogP contribution in [0.5, 0.6) is 0 Å². The summed E-state index contributed by atoms with van der Waals surface area (Å²) >= 11 is 0. The summed E-state index contributed by atoms with van der Waals surface area (Å²) in [4.78, 5) is 14.1. The van der Waals surface area contributed by atoms with E-state index in [9.17, 15) is 22.0 Å². The van der Waals surface area contributed by atoms with E-state index in [1.54, 1.807) is 11.0 Å². The van der Waals surface area contributed by atoms with Crippen molar-refractivity contribution in [3.8, 4) is 11.3 Å². The Labute approximate surface area is 174 Å². The summed E-state index contributed by atoms with van der Waals surface area (Å²) < 4.78 is 51.5. The van der Waals surface area contributed by atoms with E-state index in [0.717, 1.165) is 36.8 Å². The molecule has 0 radical (unpaired) electrons. The van der Waals surface area contributed by atoms with Crippen LogP contribution in [-0.2, 0) is 20.0 Å². The molecule has 1 fully saturated rings. The van der Waals surface area contributed by atoms with Crippen molar-refractivity contribution in [3.05, 3.63) is 47.2 Å². The van der Waals surface area contributed by atoms with Crippen LogP contribution in [0.25, 0.3) is 11.3 Å². The van der Waals surface area contributed by atoms with Crippen molar-refractivity contribution >= 4 is 15.7 Å². The lowest BCUT2D eigenvalue weighted by molar-refractivity contribution is -0.129. The molecule has 6 nitrogen and oxygen atoms in total. The first-order valence-corrected chi connectivity index (χ1v) is 12.0. The SMILES string of the molecule is CCN(C[C@]12CC[C@H](C1)c1cc(-c3c(F)cccc3F)nnc12)C(=O)CS(C)(=O)=O. The van der Waals surface area contributed by atoms with E-state index in [0.29, 0.717) is 13.1 Å². The fourth-order valence-electron chi connectivity index (χ4n) is 4.88. The third-order valence-corrected chi connectivity index (χ3v) is 6.98. The van der Waals surface area contributed by atoms with E-state index < -0.39 is 38.5 Å². The first-order chi connectivity index (χ1) is 14.1. The highest BCUT2D eigenvalue weighted by Gasteiger charge is 2.52. The molecule has 0 N–H and O–H groups in total. The topological polar surface area (TPSA) is 80.2 Å². The Bertz CT molecular complexity index is 1100. The highest BCUT2D eigenvalue weighted by molar-refractivity contribution is 7.91. The molecule has 0 unspecified atom stereocenters. The number of fused-ring (bicyclic) bond motifs is 5. The number of hydrogen-bond donors (Lipinski definition) is 0. The third-order valence-electron chi connectivity index (χ3n) is 6.21. The Balaban J connectivity index is 1.67. The number of nitrogens with zero attached hydrogens (tertiary/aromatic N) is 3. The number of benzene rings is 1. The molecule has 2 aliphatic carbocycles. The molecule has 2 atom stereocenters. The molecule has 9 heteroatoms. The van der Waals surface area contributed by atoms with Crippen molar-refractivity contribution in [2.45, 2.75) is 37.5 Å². The lowest BCUT2D eigenvalue weighted by atomic mass is 9.82. The van der Waals surface area contributed by atoms with Crippen molar-refractivity contribution < 1.29 is 22.0 Å². The van der Waals surface area contributed by atoms with Crippen LogP contribution in [0, 0.1) is 11.6 Å². The van der Waals surface area contributed by atoms with Gasteiger partial charge < -0.3 is 4.90 Å². The maximum atomic E-state index is 14.2. The molecular weight excluding hydrogens is 412 g/mol. The largest absolute Gasteiger partial charge is 0.341 e. The van der Waals surface area contributed by atoms with Crippen LogP contribution in [0.1, 0.15) is 43.4 Å². The van der Waals surface area contributed by atoms with Crippen molar-refractivity contribution in [1.82, 2.24) is 15.1 Å². The zero-order valence-electron chi connectivity index (χ0n) is 16.9. The van der Waals surface area contributed by atoms with E-state index >= 15 is 0 Å². The normalized spacial score (nSPS) is 22.2. The van der Waals surface area contributed by atoms with Gasteiger partial charge in [-0.2, -0.15) is 10.2 Å². The highest BCUT2D eigenvalue weighted by atomic mass is 32.2. The first kappa shape index (κ1) is 20.8. The van der Waals surface area contributed by atoms with Gasteiger partial charge in [0.05, 0.1) is 17.0 Å². The summed E-state index contributed by atoms with van der Waals surface area (Å²) in [6.45, 7) is 2.57. The number of aromatic nitrogens is 2. The van der Waals surface area contributed by atoms with Crippen LogP contribution in [0.4, 0.5) is 8.78 Å². The van der Waals surface area contributed by atoms with Gasteiger partial charge in [-0.1, -0.05) is 6.07 Å². The number of sulfone groups is 1. The zero-order valence-corrected chi connectivity index (χ0v) is 17.7. The Kier molecular flexibility index (Phi) is 5.12. The van der Waals surface area contributed by atoms with Gasteiger partial charge in [-0.05, 0) is 55.9 Å². The summed E-state index contributed by atoms with van der Waals surface area (Å²) in [5, 5.41) is 8.47. The Morgan fingerprint density at radius 2 is 1.97 bits per heavy atom. The maximum absolute atomic E-state index is 14.2. The fraction of sp³-hybridized carbons (Fsp3) is 0.476. The van der Waals surface area contributed by atoms with Crippen LogP contribution in [0.2, 0.25) is 0 Å². The van der Waals surface area contributed by atoms with Gasteiger partial charge in [0.2, 0.25) is 5.91 Å². The number of amides is 1. The van der Waals surface area contributed by atoms with E-state index in [1.165, 1.54) is 18.2 Å². The van der Waals surface area contributed by atoms with Crippen molar-refractivity contribution in [2.24, 2.45) is 0 Å². The van der Waals surface area contributed by atoms with Crippen molar-refractivity contribution in [2.75, 3.05) is 25.1 Å². The molecule has 0 aliphatic heterocycles. The lowest BCUT2D eigenvalue weighted by Crippen LogP contribution is -2.44. The van der Waals surface area contributed by atoms with Crippen LogP contribution in [-0.4, -0.2) is 54.5 Å². The van der Waals surface area contributed by atoms with E-state index in [-0.39, 0.29) is 17.2 Å². The molecule has 160 valence electrons. The number of rotatable bonds is 6. The second-order valence-corrected chi connectivity index (χ2v) is 10.5. The quantitative estimate of drug-likeness (QED) is 0.697. The number of carbonyl (C=O) groups excluding carboxylic acids is 1. The minimum atomic E-state index is -3.42. The van der Waals surface area contributed by atoms with Crippen molar-refractivity contribution in [1.29, 1.82) is 0 Å². The predicted molar refractivity (Wildman–Crippen MR) is 108 cm³/mol. The molecule has 0 spiro atoms. The Morgan fingerprint density at radius 1 is 1.27 bits per heavy atom. The maximum Gasteiger partial charge on any atom is 0.237 e. The number of halogens is 2. The third kappa shape index (κ3) is 3.59. The Morgan fingerprint density at radius 3 is 2.60 bits per heavy atom. The number of hydrogen-bond acceptors (Lipinski definition) is 5. The summed E-state index contributed by atoms with van der Waals surface area (Å²) in [7, 11) is -3.42. The molecule has 1 amide bonds. The van der Waals surface area contributed by atoms with Gasteiger partial charge >= 0.3 is 0 Å². The van der Waals surface area contributed by atoms with Gasteiger partial charge in [-0.25, -0.2) is 17.2 Å². The molecule has 2 bridgehead atoms. The van der Waals surface area contributed by atoms with Gasteiger partial charge in [-0.3, -0.25) is 4.79 Å². The minimum Gasteiger partial charge on any atom is -0.341 e. The van der Waals surface area contributed by atoms with Gasteiger partial charge in [-0.15, -0.1) is 0 Å². The number of carbonyl (C=O) groups is 1. The van der Waals surface area contributed by atoms with E-state index in [2.05, 4.69) is 10.2 Å². The molecule has 1 saturated carbocycles. The van der Waals surface area contributed by atoms with Crippen molar-refractivity contribution in [3.63, 3.8) is 0 Å². The molecular formula is C21H23F2N3O3S. The second-order valence-electron chi connectivity index (χ2n) is 8.33. The molecule has 2 aliphatic rings. The second kappa shape index (κ2) is 7.37. The van der Waals surface area contributed by atoms with E-state index in [4.69, 9.17) is 0 Å².